The predicted octanol–water partition coefficient (Wildman–Crippen LogP) is -0.337. The largest absolute Gasteiger partial charge is 0.465 e. The zero-order valence-corrected chi connectivity index (χ0v) is 14.9. The number of ether oxygens (including phenoxy) is 3. The van der Waals surface area contributed by atoms with Gasteiger partial charge in [-0.25, -0.2) is 4.79 Å². The van der Waals surface area contributed by atoms with Gasteiger partial charge in [0.2, 0.25) is 5.82 Å². The number of aromatic nitrogens is 2. The molecule has 2 rings (SSSR count). The van der Waals surface area contributed by atoms with Gasteiger partial charge in [0.15, 0.2) is 6.10 Å². The maximum Gasteiger partial charge on any atom is 0.328 e. The molecule has 1 unspecified atom stereocenters. The molecule has 0 saturated heterocycles. The molecule has 4 atom stereocenters. The molecule has 1 aliphatic carbocycles. The number of hydrogen-bond donors (Lipinski definition) is 1. The van der Waals surface area contributed by atoms with Crippen molar-refractivity contribution in [3.63, 3.8) is 0 Å². The lowest BCUT2D eigenvalue weighted by Gasteiger charge is -2.26. The Hall–Kier alpha value is -2.98. The Labute approximate surface area is 152 Å². The van der Waals surface area contributed by atoms with Gasteiger partial charge in [-0.15, -0.1) is 0 Å². The molecule has 148 valence electrons. The van der Waals surface area contributed by atoms with Gasteiger partial charge < -0.3 is 14.2 Å². The molecule has 0 bridgehead atoms. The van der Waals surface area contributed by atoms with Crippen LogP contribution in [0.3, 0.4) is 0 Å². The molecule has 0 amide bonds. The monoisotopic (exact) mass is 386 g/mol. The van der Waals surface area contributed by atoms with E-state index in [9.17, 15) is 28.4 Å². The zero-order valence-electron chi connectivity index (χ0n) is 14.9. The van der Waals surface area contributed by atoms with Crippen LogP contribution >= 0.6 is 0 Å². The second-order valence-electron chi connectivity index (χ2n) is 6.16. The number of nitrogens with one attached hydrogen (secondary N) is 1. The van der Waals surface area contributed by atoms with E-state index in [0.29, 0.717) is 6.20 Å². The molecule has 1 aromatic rings. The minimum atomic E-state index is -1.20. The van der Waals surface area contributed by atoms with Crippen molar-refractivity contribution in [2.75, 3.05) is 6.61 Å². The highest BCUT2D eigenvalue weighted by Gasteiger charge is 2.49. The lowest BCUT2D eigenvalue weighted by molar-refractivity contribution is -0.168. The fourth-order valence-electron chi connectivity index (χ4n) is 3.12. The van der Waals surface area contributed by atoms with Gasteiger partial charge in [-0.1, -0.05) is 0 Å². The predicted molar refractivity (Wildman–Crippen MR) is 86.2 cm³/mol. The van der Waals surface area contributed by atoms with Crippen LogP contribution < -0.4 is 11.2 Å². The summed E-state index contributed by atoms with van der Waals surface area (Å²) in [7, 11) is 0. The SMILES string of the molecule is CC(=O)OC[C@H]1C[C@@H](n2cc(F)c(=O)[nH]c2=O)C(OC(C)=O)[C@H]1OC(C)=O. The van der Waals surface area contributed by atoms with Crippen LogP contribution in [0.1, 0.15) is 33.2 Å². The molecule has 1 N–H and O–H groups in total. The minimum absolute atomic E-state index is 0.0641. The van der Waals surface area contributed by atoms with Crippen molar-refractivity contribution in [1.29, 1.82) is 0 Å². The molecule has 0 aliphatic heterocycles. The number of carbonyl (C=O) groups excluding carboxylic acids is 3. The first-order chi connectivity index (χ1) is 12.6. The number of hydrogen-bond acceptors (Lipinski definition) is 8. The molecular formula is C16H19FN2O8. The Bertz CT molecular complexity index is 861. The molecule has 11 heteroatoms. The van der Waals surface area contributed by atoms with Crippen molar-refractivity contribution in [3.8, 4) is 0 Å². The number of halogens is 1. The van der Waals surface area contributed by atoms with Crippen LogP contribution in [0.2, 0.25) is 0 Å². The van der Waals surface area contributed by atoms with Gasteiger partial charge in [-0.05, 0) is 6.42 Å². The van der Waals surface area contributed by atoms with E-state index in [0.717, 1.165) is 18.4 Å². The third-order valence-corrected chi connectivity index (χ3v) is 4.10. The van der Waals surface area contributed by atoms with E-state index in [-0.39, 0.29) is 13.0 Å². The standard InChI is InChI=1S/C16H19FN2O8/c1-7(20)25-6-10-4-12(19-5-11(17)15(23)18-16(19)24)14(27-9(3)22)13(10)26-8(2)21/h5,10,12-14H,4,6H2,1-3H3,(H,18,23,24)/t10-,12-,13+,14?/m1/s1. The molecule has 27 heavy (non-hydrogen) atoms. The summed E-state index contributed by atoms with van der Waals surface area (Å²) in [5.41, 5.74) is -2.11. The van der Waals surface area contributed by atoms with Gasteiger partial charge in [-0.3, -0.25) is 28.7 Å². The van der Waals surface area contributed by atoms with Crippen LogP contribution in [0.25, 0.3) is 0 Å². The van der Waals surface area contributed by atoms with Crippen molar-refractivity contribution in [2.24, 2.45) is 5.92 Å². The Morgan fingerprint density at radius 2 is 1.70 bits per heavy atom. The highest BCUT2D eigenvalue weighted by atomic mass is 19.1. The second kappa shape index (κ2) is 8.14. The molecule has 1 saturated carbocycles. The van der Waals surface area contributed by atoms with Crippen molar-refractivity contribution >= 4 is 17.9 Å². The molecule has 1 heterocycles. The first kappa shape index (κ1) is 20.3. The molecule has 0 spiro atoms. The van der Waals surface area contributed by atoms with Gasteiger partial charge in [0.25, 0.3) is 5.56 Å². The van der Waals surface area contributed by atoms with Crippen molar-refractivity contribution in [1.82, 2.24) is 9.55 Å². The van der Waals surface area contributed by atoms with Crippen molar-refractivity contribution < 1.29 is 33.0 Å². The maximum atomic E-state index is 13.7. The van der Waals surface area contributed by atoms with Gasteiger partial charge in [-0.2, -0.15) is 4.39 Å². The summed E-state index contributed by atoms with van der Waals surface area (Å²) in [4.78, 5) is 59.3. The van der Waals surface area contributed by atoms with Gasteiger partial charge in [0.05, 0.1) is 18.8 Å². The van der Waals surface area contributed by atoms with Crippen LogP contribution in [0.4, 0.5) is 4.39 Å². The van der Waals surface area contributed by atoms with Gasteiger partial charge in [0.1, 0.15) is 6.10 Å². The summed E-state index contributed by atoms with van der Waals surface area (Å²) in [6.45, 7) is 3.30. The van der Waals surface area contributed by atoms with Crippen molar-refractivity contribution in [2.45, 2.75) is 45.4 Å². The third-order valence-electron chi connectivity index (χ3n) is 4.10. The van der Waals surface area contributed by atoms with E-state index in [1.54, 1.807) is 0 Å². The summed E-state index contributed by atoms with van der Waals surface area (Å²) in [5, 5.41) is 0. The maximum absolute atomic E-state index is 13.7. The molecule has 0 radical (unpaired) electrons. The Morgan fingerprint density at radius 3 is 2.26 bits per heavy atom. The highest BCUT2D eigenvalue weighted by molar-refractivity contribution is 5.68. The van der Waals surface area contributed by atoms with E-state index < -0.39 is 59.1 Å². The average molecular weight is 386 g/mol. The number of rotatable bonds is 5. The number of H-pyrrole nitrogens is 1. The minimum Gasteiger partial charge on any atom is -0.465 e. The molecule has 1 aliphatic rings. The quantitative estimate of drug-likeness (QED) is 0.537. The van der Waals surface area contributed by atoms with Crippen LogP contribution in [0.5, 0.6) is 0 Å². The van der Waals surface area contributed by atoms with Crippen LogP contribution in [-0.4, -0.2) is 46.3 Å². The third kappa shape index (κ3) is 4.80. The fourth-order valence-corrected chi connectivity index (χ4v) is 3.12. The van der Waals surface area contributed by atoms with Gasteiger partial charge in [0, 0.05) is 26.7 Å². The molecule has 1 fully saturated rings. The summed E-state index contributed by atoms with van der Waals surface area (Å²) < 4.78 is 30.0. The molecule has 10 nitrogen and oxygen atoms in total. The van der Waals surface area contributed by atoms with E-state index in [1.807, 2.05) is 4.98 Å². The van der Waals surface area contributed by atoms with E-state index in [4.69, 9.17) is 14.2 Å². The number of carbonyl (C=O) groups is 3. The zero-order chi connectivity index (χ0) is 20.3. The van der Waals surface area contributed by atoms with Crippen LogP contribution in [0, 0.1) is 11.7 Å². The molecular weight excluding hydrogens is 367 g/mol. The van der Waals surface area contributed by atoms with Crippen LogP contribution in [-0.2, 0) is 28.6 Å². The summed E-state index contributed by atoms with van der Waals surface area (Å²) in [6.07, 6.45) is -1.41. The van der Waals surface area contributed by atoms with E-state index >= 15 is 0 Å². The Morgan fingerprint density at radius 1 is 1.11 bits per heavy atom. The number of esters is 3. The van der Waals surface area contributed by atoms with E-state index in [2.05, 4.69) is 0 Å². The van der Waals surface area contributed by atoms with E-state index in [1.165, 1.54) is 6.92 Å². The van der Waals surface area contributed by atoms with Crippen LogP contribution in [0.15, 0.2) is 15.8 Å². The topological polar surface area (TPSA) is 134 Å². The summed E-state index contributed by atoms with van der Waals surface area (Å²) >= 11 is 0. The van der Waals surface area contributed by atoms with Crippen molar-refractivity contribution in [3.05, 3.63) is 32.9 Å². The van der Waals surface area contributed by atoms with Gasteiger partial charge >= 0.3 is 23.6 Å². The first-order valence-electron chi connectivity index (χ1n) is 8.09. The smallest absolute Gasteiger partial charge is 0.328 e. The lowest BCUT2D eigenvalue weighted by Crippen LogP contribution is -2.41. The summed E-state index contributed by atoms with van der Waals surface area (Å²) in [6, 6.07) is -0.947. The normalized spacial score (nSPS) is 24.3. The lowest BCUT2D eigenvalue weighted by atomic mass is 10.1. The number of nitrogens with zero attached hydrogens (tertiary/aromatic N) is 1. The molecule has 0 aromatic carbocycles. The highest BCUT2D eigenvalue weighted by Crippen LogP contribution is 2.39. The number of aromatic amines is 1. The Balaban J connectivity index is 2.47. The Kier molecular flexibility index (Phi) is 6.13. The second-order valence-corrected chi connectivity index (χ2v) is 6.16. The average Bonchev–Trinajstić information content (AvgIpc) is 2.85. The molecule has 1 aromatic heterocycles. The first-order valence-corrected chi connectivity index (χ1v) is 8.09. The summed E-state index contributed by atoms with van der Waals surface area (Å²) in [5.74, 6) is -3.78. The fraction of sp³-hybridized carbons (Fsp3) is 0.562.